The Bertz CT molecular complexity index is 575. The van der Waals surface area contributed by atoms with Crippen molar-refractivity contribution >= 4 is 41.9 Å². The second-order valence-corrected chi connectivity index (χ2v) is 11.5. The van der Waals surface area contributed by atoms with E-state index in [1.54, 1.807) is 17.4 Å². The highest BCUT2D eigenvalue weighted by Gasteiger charge is 2.23. The van der Waals surface area contributed by atoms with Gasteiger partial charge in [0.1, 0.15) is 5.70 Å². The number of amides is 1. The predicted octanol–water partition coefficient (Wildman–Crippen LogP) is 2.50. The van der Waals surface area contributed by atoms with E-state index in [9.17, 15) is 9.59 Å². The number of hydrogen-bond donors (Lipinski definition) is 1. The molecule has 0 fully saturated rings. The third-order valence-electron chi connectivity index (χ3n) is 2.95. The molecule has 0 saturated carbocycles. The number of rotatable bonds is 6. The highest BCUT2D eigenvalue weighted by molar-refractivity contribution is 7.27. The summed E-state index contributed by atoms with van der Waals surface area (Å²) in [5, 5.41) is 2.50. The Morgan fingerprint density at radius 3 is 2.62 bits per heavy atom. The summed E-state index contributed by atoms with van der Waals surface area (Å²) in [7, 11) is -0.220. The third kappa shape index (κ3) is 4.98. The number of methoxy groups -OCH3 is 1. The highest BCUT2D eigenvalue weighted by Crippen LogP contribution is 2.19. The number of thiophene rings is 1. The topological polar surface area (TPSA) is 55.4 Å². The van der Waals surface area contributed by atoms with Crippen LogP contribution in [-0.4, -0.2) is 27.1 Å². The van der Waals surface area contributed by atoms with E-state index < -0.39 is 14.0 Å². The van der Waals surface area contributed by atoms with Gasteiger partial charge in [0, 0.05) is 11.8 Å². The molecule has 0 unspecified atom stereocenters. The van der Waals surface area contributed by atoms with Crippen molar-refractivity contribution < 1.29 is 14.3 Å². The van der Waals surface area contributed by atoms with E-state index in [1.165, 1.54) is 18.5 Å². The lowest BCUT2D eigenvalue weighted by Crippen LogP contribution is -2.38. The van der Waals surface area contributed by atoms with E-state index in [0.29, 0.717) is 0 Å². The van der Waals surface area contributed by atoms with Gasteiger partial charge in [0.15, 0.2) is 0 Å². The minimum absolute atomic E-state index is 0.154. The first-order valence-corrected chi connectivity index (χ1v) is 10.6. The monoisotopic (exact) mass is 323 g/mol. The fraction of sp³-hybridized carbons (Fsp3) is 0.333. The van der Waals surface area contributed by atoms with E-state index in [-0.39, 0.29) is 11.6 Å². The molecular weight excluding hydrogens is 302 g/mol. The second-order valence-electron chi connectivity index (χ2n) is 5.31. The van der Waals surface area contributed by atoms with Gasteiger partial charge in [0.05, 0.1) is 15.2 Å². The Hall–Kier alpha value is -1.66. The Morgan fingerprint density at radius 1 is 1.43 bits per heavy atom. The van der Waals surface area contributed by atoms with Gasteiger partial charge in [0.2, 0.25) is 5.91 Å². The molecule has 0 radical (unpaired) electrons. The second kappa shape index (κ2) is 7.38. The summed E-state index contributed by atoms with van der Waals surface area (Å²) >= 11 is 1.64. The van der Waals surface area contributed by atoms with Crippen LogP contribution >= 0.6 is 11.3 Å². The summed E-state index contributed by atoms with van der Waals surface area (Å²) in [5.74, 6) is -0.854. The van der Waals surface area contributed by atoms with Gasteiger partial charge in [-0.15, -0.1) is 17.9 Å². The van der Waals surface area contributed by atoms with Gasteiger partial charge in [0.25, 0.3) is 0 Å². The molecule has 6 heteroatoms. The maximum absolute atomic E-state index is 11.7. The summed E-state index contributed by atoms with van der Waals surface area (Å²) < 4.78 is 6.01. The Kier molecular flexibility index (Phi) is 6.11. The van der Waals surface area contributed by atoms with Crippen LogP contribution < -0.4 is 9.82 Å². The molecule has 1 amide bonds. The molecule has 1 rings (SSSR count). The van der Waals surface area contributed by atoms with E-state index in [0.717, 1.165) is 10.9 Å². The lowest BCUT2D eigenvalue weighted by atomic mass is 10.3. The van der Waals surface area contributed by atoms with Crippen LogP contribution in [0, 0.1) is 0 Å². The normalized spacial score (nSPS) is 11.9. The SMILES string of the molecule is C=CC[Si](C)(C)c1ccc(/C=C(\NC(C)=O)C(=O)OC)s1. The molecule has 0 bridgehead atoms. The zero-order valence-electron chi connectivity index (χ0n) is 12.9. The third-order valence-corrected chi connectivity index (χ3v) is 8.57. The maximum Gasteiger partial charge on any atom is 0.354 e. The first-order chi connectivity index (χ1) is 9.80. The van der Waals surface area contributed by atoms with Crippen molar-refractivity contribution in [2.75, 3.05) is 7.11 Å². The molecule has 0 saturated heterocycles. The Labute approximate surface area is 130 Å². The molecular formula is C15H21NO3SSi. The smallest absolute Gasteiger partial charge is 0.354 e. The van der Waals surface area contributed by atoms with Crippen LogP contribution in [0.15, 0.2) is 30.5 Å². The molecule has 4 nitrogen and oxygen atoms in total. The number of hydrogen-bond acceptors (Lipinski definition) is 4. The Balaban J connectivity index is 3.06. The van der Waals surface area contributed by atoms with E-state index in [1.807, 2.05) is 12.1 Å². The van der Waals surface area contributed by atoms with Crippen LogP contribution in [0.1, 0.15) is 11.8 Å². The average molecular weight is 323 g/mol. The first kappa shape index (κ1) is 17.4. The van der Waals surface area contributed by atoms with Crippen molar-refractivity contribution in [1.82, 2.24) is 5.32 Å². The zero-order chi connectivity index (χ0) is 16.0. The van der Waals surface area contributed by atoms with Crippen molar-refractivity contribution in [2.45, 2.75) is 26.1 Å². The summed E-state index contributed by atoms with van der Waals surface area (Å²) in [6.07, 6.45) is 3.61. The molecule has 0 aliphatic carbocycles. The van der Waals surface area contributed by atoms with Crippen LogP contribution in [0.4, 0.5) is 0 Å². The zero-order valence-corrected chi connectivity index (χ0v) is 14.7. The lowest BCUT2D eigenvalue weighted by molar-refractivity contribution is -0.137. The summed E-state index contributed by atoms with van der Waals surface area (Å²) in [5.41, 5.74) is 0.154. The van der Waals surface area contributed by atoms with E-state index >= 15 is 0 Å². The lowest BCUT2D eigenvalue weighted by Gasteiger charge is -2.17. The molecule has 1 aromatic heterocycles. The molecule has 0 spiro atoms. The summed E-state index contributed by atoms with van der Waals surface area (Å²) in [6, 6.07) is 5.06. The number of esters is 1. The number of carbonyl (C=O) groups excluding carboxylic acids is 2. The van der Waals surface area contributed by atoms with Crippen molar-refractivity contribution in [3.63, 3.8) is 0 Å². The van der Waals surface area contributed by atoms with Gasteiger partial charge >= 0.3 is 5.97 Å². The average Bonchev–Trinajstić information content (AvgIpc) is 2.86. The number of nitrogens with one attached hydrogen (secondary N) is 1. The summed E-state index contributed by atoms with van der Waals surface area (Å²) in [4.78, 5) is 23.7. The molecule has 1 N–H and O–H groups in total. The van der Waals surface area contributed by atoms with Crippen molar-refractivity contribution in [2.24, 2.45) is 0 Å². The van der Waals surface area contributed by atoms with Crippen LogP contribution in [0.2, 0.25) is 19.1 Å². The van der Waals surface area contributed by atoms with Gasteiger partial charge in [-0.2, -0.15) is 0 Å². The summed E-state index contributed by atoms with van der Waals surface area (Å²) in [6.45, 7) is 9.73. The van der Waals surface area contributed by atoms with Crippen LogP contribution in [0.5, 0.6) is 0 Å². The fourth-order valence-electron chi connectivity index (χ4n) is 1.84. The molecule has 1 aromatic rings. The molecule has 1 heterocycles. The number of ether oxygens (including phenoxy) is 1. The van der Waals surface area contributed by atoms with Crippen LogP contribution in [0.3, 0.4) is 0 Å². The highest BCUT2D eigenvalue weighted by atomic mass is 32.1. The van der Waals surface area contributed by atoms with Gasteiger partial charge < -0.3 is 10.1 Å². The Morgan fingerprint density at radius 2 is 2.10 bits per heavy atom. The molecule has 0 aromatic carbocycles. The van der Waals surface area contributed by atoms with Crippen molar-refractivity contribution in [1.29, 1.82) is 0 Å². The quantitative estimate of drug-likeness (QED) is 0.379. The minimum Gasteiger partial charge on any atom is -0.464 e. The van der Waals surface area contributed by atoms with Crippen molar-refractivity contribution in [3.05, 3.63) is 35.4 Å². The number of allylic oxidation sites excluding steroid dienone is 1. The van der Waals surface area contributed by atoms with Gasteiger partial charge in [-0.05, 0) is 22.7 Å². The molecule has 0 aliphatic rings. The van der Waals surface area contributed by atoms with Gasteiger partial charge in [-0.3, -0.25) is 4.79 Å². The van der Waals surface area contributed by atoms with Crippen LogP contribution in [0.25, 0.3) is 6.08 Å². The predicted molar refractivity (Wildman–Crippen MR) is 90.2 cm³/mol. The molecule has 0 atom stereocenters. The molecule has 114 valence electrons. The number of carbonyl (C=O) groups is 2. The van der Waals surface area contributed by atoms with E-state index in [2.05, 4.69) is 35.8 Å². The minimum atomic E-state index is -1.51. The van der Waals surface area contributed by atoms with E-state index in [4.69, 9.17) is 0 Å². The molecule has 21 heavy (non-hydrogen) atoms. The standard InChI is InChI=1S/C15H21NO3SSi/c1-6-9-21(4,5)14-8-7-12(20-14)10-13(15(18)19-3)16-11(2)17/h6-8,10H,1,9H2,2-5H3,(H,16,17)/b13-10-. The molecule has 0 aliphatic heterocycles. The van der Waals surface area contributed by atoms with Gasteiger partial charge in [-0.25, -0.2) is 4.79 Å². The van der Waals surface area contributed by atoms with Crippen molar-refractivity contribution in [3.8, 4) is 0 Å². The largest absolute Gasteiger partial charge is 0.464 e. The van der Waals surface area contributed by atoms with Crippen LogP contribution in [-0.2, 0) is 14.3 Å². The fourth-order valence-corrected chi connectivity index (χ4v) is 5.71. The van der Waals surface area contributed by atoms with Gasteiger partial charge in [-0.1, -0.05) is 25.2 Å². The maximum atomic E-state index is 11.7. The first-order valence-electron chi connectivity index (χ1n) is 6.59.